The average Bonchev–Trinajstić information content (AvgIpc) is 2.93. The van der Waals surface area contributed by atoms with Crippen molar-refractivity contribution in [2.24, 2.45) is 0 Å². The Labute approximate surface area is 182 Å². The number of halogens is 3. The number of nitrogens with one attached hydrogen (secondary N) is 2. The molecule has 0 bridgehead atoms. The number of ether oxygens (including phenoxy) is 1. The van der Waals surface area contributed by atoms with Crippen molar-refractivity contribution in [3.63, 3.8) is 0 Å². The molecule has 2 N–H and O–H groups in total. The van der Waals surface area contributed by atoms with Crippen molar-refractivity contribution in [2.45, 2.75) is 31.8 Å². The number of sulfonamides is 1. The number of hydrogen-bond donors (Lipinski definition) is 2. The number of hydrogen-bond acceptors (Lipinski definition) is 5. The van der Waals surface area contributed by atoms with E-state index < -0.39 is 16.6 Å². The van der Waals surface area contributed by atoms with Gasteiger partial charge in [0, 0.05) is 31.4 Å². The quantitative estimate of drug-likeness (QED) is 0.682. The first-order valence-corrected chi connectivity index (χ1v) is 10.9. The van der Waals surface area contributed by atoms with Gasteiger partial charge >= 0.3 is 6.61 Å². The van der Waals surface area contributed by atoms with E-state index in [0.29, 0.717) is 5.56 Å². The Hall–Kier alpha value is -2.10. The Kier molecular flexibility index (Phi) is 8.28. The molecule has 30 heavy (non-hydrogen) atoms. The van der Waals surface area contributed by atoms with E-state index in [1.165, 1.54) is 18.2 Å². The van der Waals surface area contributed by atoms with Crippen molar-refractivity contribution in [1.29, 1.82) is 0 Å². The van der Waals surface area contributed by atoms with Crippen molar-refractivity contribution < 1.29 is 21.9 Å². The Morgan fingerprint density at radius 2 is 1.80 bits per heavy atom. The lowest BCUT2D eigenvalue weighted by Gasteiger charge is -2.25. The minimum atomic E-state index is -3.89. The predicted octanol–water partition coefficient (Wildman–Crippen LogP) is 3.93. The average molecular weight is 462 g/mol. The van der Waals surface area contributed by atoms with Crippen molar-refractivity contribution >= 4 is 33.8 Å². The molecule has 1 heterocycles. The number of aryl methyl sites for hydroxylation is 2. The Morgan fingerprint density at radius 1 is 1.07 bits per heavy atom. The van der Waals surface area contributed by atoms with Gasteiger partial charge in [0.05, 0.1) is 10.6 Å². The number of anilines is 2. The number of benzene rings is 2. The van der Waals surface area contributed by atoms with Gasteiger partial charge in [0.15, 0.2) is 0 Å². The van der Waals surface area contributed by atoms with E-state index in [-0.39, 0.29) is 28.7 Å². The SMILES string of the molecule is Cc1ccc(NS(=O)(=O)c2ccc(C)c(N3CCCNCC3)c2)cc1OC(F)F.Cl. The molecule has 1 fully saturated rings. The van der Waals surface area contributed by atoms with Gasteiger partial charge in [-0.1, -0.05) is 12.1 Å². The highest BCUT2D eigenvalue weighted by Crippen LogP contribution is 2.28. The van der Waals surface area contributed by atoms with E-state index in [1.807, 2.05) is 6.92 Å². The van der Waals surface area contributed by atoms with Crippen LogP contribution in [0, 0.1) is 13.8 Å². The highest BCUT2D eigenvalue weighted by molar-refractivity contribution is 7.92. The second-order valence-corrected chi connectivity index (χ2v) is 8.69. The van der Waals surface area contributed by atoms with Crippen LogP contribution in [-0.2, 0) is 10.0 Å². The molecular weight excluding hydrogens is 436 g/mol. The van der Waals surface area contributed by atoms with Crippen molar-refractivity contribution in [1.82, 2.24) is 5.32 Å². The van der Waals surface area contributed by atoms with Gasteiger partial charge in [-0.15, -0.1) is 12.4 Å². The molecule has 0 saturated carbocycles. The second-order valence-electron chi connectivity index (χ2n) is 7.00. The third-order valence-corrected chi connectivity index (χ3v) is 6.21. The zero-order valence-electron chi connectivity index (χ0n) is 16.8. The summed E-state index contributed by atoms with van der Waals surface area (Å²) in [6.45, 7) is 3.99. The maximum absolute atomic E-state index is 12.9. The van der Waals surface area contributed by atoms with Crippen molar-refractivity contribution in [3.8, 4) is 5.75 Å². The van der Waals surface area contributed by atoms with Gasteiger partial charge in [-0.3, -0.25) is 4.72 Å². The Morgan fingerprint density at radius 3 is 2.53 bits per heavy atom. The van der Waals surface area contributed by atoms with E-state index in [9.17, 15) is 17.2 Å². The molecular formula is C20H26ClF2N3O3S. The third-order valence-electron chi connectivity index (χ3n) is 4.83. The molecule has 1 aliphatic rings. The molecule has 6 nitrogen and oxygen atoms in total. The molecule has 0 atom stereocenters. The lowest BCUT2D eigenvalue weighted by Crippen LogP contribution is -2.28. The third kappa shape index (κ3) is 5.96. The molecule has 166 valence electrons. The molecule has 2 aromatic carbocycles. The first kappa shape index (κ1) is 24.2. The summed E-state index contributed by atoms with van der Waals surface area (Å²) >= 11 is 0. The summed E-state index contributed by atoms with van der Waals surface area (Å²) < 4.78 is 57.8. The molecule has 0 radical (unpaired) electrons. The largest absolute Gasteiger partial charge is 0.434 e. The van der Waals surface area contributed by atoms with Gasteiger partial charge in [-0.05, 0) is 56.1 Å². The monoisotopic (exact) mass is 461 g/mol. The van der Waals surface area contributed by atoms with Crippen LogP contribution in [0.25, 0.3) is 0 Å². The fraction of sp³-hybridized carbons (Fsp3) is 0.400. The van der Waals surface area contributed by atoms with Crippen LogP contribution < -0.4 is 19.7 Å². The molecule has 10 heteroatoms. The zero-order chi connectivity index (χ0) is 21.0. The first-order chi connectivity index (χ1) is 13.8. The summed E-state index contributed by atoms with van der Waals surface area (Å²) in [5.74, 6) is -0.0677. The van der Waals surface area contributed by atoms with Gasteiger partial charge in [0.1, 0.15) is 5.75 Å². The molecule has 0 unspecified atom stereocenters. The summed E-state index contributed by atoms with van der Waals surface area (Å²) in [5.41, 5.74) is 2.52. The lowest BCUT2D eigenvalue weighted by atomic mass is 10.1. The van der Waals surface area contributed by atoms with Crippen LogP contribution in [0.2, 0.25) is 0 Å². The Bertz CT molecular complexity index is 966. The normalized spacial score (nSPS) is 14.8. The van der Waals surface area contributed by atoms with Crippen LogP contribution in [-0.4, -0.2) is 41.2 Å². The van der Waals surface area contributed by atoms with Crippen LogP contribution in [0.4, 0.5) is 20.2 Å². The summed E-state index contributed by atoms with van der Waals surface area (Å²) in [6.07, 6.45) is 0.977. The smallest absolute Gasteiger partial charge is 0.387 e. The lowest BCUT2D eigenvalue weighted by molar-refractivity contribution is -0.0502. The summed E-state index contributed by atoms with van der Waals surface area (Å²) in [5, 5.41) is 3.33. The van der Waals surface area contributed by atoms with E-state index in [4.69, 9.17) is 0 Å². The number of alkyl halides is 2. The molecule has 0 aromatic heterocycles. The maximum atomic E-state index is 12.9. The molecule has 0 aliphatic carbocycles. The van der Waals surface area contributed by atoms with Crippen molar-refractivity contribution in [2.75, 3.05) is 35.8 Å². The molecule has 0 spiro atoms. The van der Waals surface area contributed by atoms with Crippen LogP contribution >= 0.6 is 12.4 Å². The zero-order valence-corrected chi connectivity index (χ0v) is 18.5. The van der Waals surface area contributed by atoms with Gasteiger partial charge in [-0.25, -0.2) is 8.42 Å². The second kappa shape index (κ2) is 10.3. The fourth-order valence-electron chi connectivity index (χ4n) is 3.28. The minimum absolute atomic E-state index is 0. The van der Waals surface area contributed by atoms with E-state index in [2.05, 4.69) is 19.7 Å². The maximum Gasteiger partial charge on any atom is 0.387 e. The van der Waals surface area contributed by atoms with E-state index in [1.54, 1.807) is 25.1 Å². The van der Waals surface area contributed by atoms with Gasteiger partial charge in [0.2, 0.25) is 0 Å². The highest BCUT2D eigenvalue weighted by atomic mass is 35.5. The van der Waals surface area contributed by atoms with Gasteiger partial charge in [0.25, 0.3) is 10.0 Å². The molecule has 0 amide bonds. The first-order valence-electron chi connectivity index (χ1n) is 9.41. The Balaban J connectivity index is 0.00000320. The van der Waals surface area contributed by atoms with E-state index in [0.717, 1.165) is 43.9 Å². The van der Waals surface area contributed by atoms with Crippen LogP contribution in [0.1, 0.15) is 17.5 Å². The van der Waals surface area contributed by atoms with Crippen LogP contribution in [0.3, 0.4) is 0 Å². The predicted molar refractivity (Wildman–Crippen MR) is 117 cm³/mol. The van der Waals surface area contributed by atoms with Crippen LogP contribution in [0.5, 0.6) is 5.75 Å². The van der Waals surface area contributed by atoms with Gasteiger partial charge < -0.3 is 15.0 Å². The summed E-state index contributed by atoms with van der Waals surface area (Å²) in [4.78, 5) is 2.29. The summed E-state index contributed by atoms with van der Waals surface area (Å²) in [7, 11) is -3.89. The topological polar surface area (TPSA) is 70.7 Å². The standard InChI is InChI=1S/C20H25F2N3O3S.ClH/c1-14-5-7-17(13-18(14)25-10-3-8-23-9-11-25)29(26,27)24-16-6-4-15(2)19(12-16)28-20(21)22;/h4-7,12-13,20,23-24H,3,8-11H2,1-2H3;1H. The number of nitrogens with zero attached hydrogens (tertiary/aromatic N) is 1. The molecule has 2 aromatic rings. The number of rotatable bonds is 6. The highest BCUT2D eigenvalue weighted by Gasteiger charge is 2.19. The molecule has 1 aliphatic heterocycles. The molecule has 3 rings (SSSR count). The fourth-order valence-corrected chi connectivity index (χ4v) is 4.35. The van der Waals surface area contributed by atoms with E-state index >= 15 is 0 Å². The summed E-state index contributed by atoms with van der Waals surface area (Å²) in [6, 6.07) is 9.29. The van der Waals surface area contributed by atoms with Gasteiger partial charge in [-0.2, -0.15) is 8.78 Å². The van der Waals surface area contributed by atoms with Crippen LogP contribution in [0.15, 0.2) is 41.3 Å². The van der Waals surface area contributed by atoms with Crippen molar-refractivity contribution in [3.05, 3.63) is 47.5 Å². The minimum Gasteiger partial charge on any atom is -0.434 e. The molecule has 1 saturated heterocycles.